The number of pyridine rings is 1. The Balaban J connectivity index is 1.37. The molecule has 1 aliphatic heterocycles. The van der Waals surface area contributed by atoms with Crippen LogP contribution in [0.25, 0.3) is 43.6 Å². The minimum absolute atomic E-state index is 0.000945. The second-order valence-corrected chi connectivity index (χ2v) is 15.4. The van der Waals surface area contributed by atoms with Crippen molar-refractivity contribution in [1.29, 1.82) is 0 Å². The van der Waals surface area contributed by atoms with E-state index in [0.717, 1.165) is 74.9 Å². The number of nitrogen functional groups attached to an aromatic ring is 1. The predicted molar refractivity (Wildman–Crippen MR) is 178 cm³/mol. The first-order valence-electron chi connectivity index (χ1n) is 15.3. The Bertz CT molecular complexity index is 2060. The van der Waals surface area contributed by atoms with Gasteiger partial charge in [0.2, 0.25) is 5.91 Å². The van der Waals surface area contributed by atoms with Gasteiger partial charge in [-0.1, -0.05) is 43.5 Å². The van der Waals surface area contributed by atoms with Crippen LogP contribution >= 0.6 is 11.3 Å². The molecule has 0 radical (unpaired) electrons. The summed E-state index contributed by atoms with van der Waals surface area (Å²) in [6, 6.07) is 19.5. The molecule has 1 saturated heterocycles. The highest BCUT2D eigenvalue weighted by Crippen LogP contribution is 2.47. The molecule has 45 heavy (non-hydrogen) atoms. The number of carbonyl (C=O) groups excluding carboxylic acids is 1. The molecule has 5 aromatic rings. The van der Waals surface area contributed by atoms with Gasteiger partial charge in [-0.15, -0.1) is 11.3 Å². The van der Waals surface area contributed by atoms with Gasteiger partial charge in [0, 0.05) is 29.7 Å². The second kappa shape index (κ2) is 11.6. The summed E-state index contributed by atoms with van der Waals surface area (Å²) in [5.74, 6) is -1.00. The quantitative estimate of drug-likeness (QED) is 0.212. The van der Waals surface area contributed by atoms with E-state index in [1.807, 2.05) is 53.1 Å². The number of carbonyl (C=O) groups is 2. The lowest BCUT2D eigenvalue weighted by Crippen LogP contribution is -2.45. The van der Waals surface area contributed by atoms with Crippen LogP contribution in [0, 0.1) is 0 Å². The molecule has 0 atom stereocenters. The maximum absolute atomic E-state index is 13.7. The lowest BCUT2D eigenvalue weighted by Gasteiger charge is -2.28. The van der Waals surface area contributed by atoms with Crippen molar-refractivity contribution in [3.8, 4) is 22.5 Å². The maximum atomic E-state index is 13.7. The fraction of sp³-hybridized carbons (Fsp3) is 0.324. The van der Waals surface area contributed by atoms with Gasteiger partial charge >= 0.3 is 5.97 Å². The van der Waals surface area contributed by atoms with Crippen molar-refractivity contribution < 1.29 is 23.1 Å². The van der Waals surface area contributed by atoms with Crippen LogP contribution in [0.4, 0.5) is 5.69 Å². The second-order valence-electron chi connectivity index (χ2n) is 12.1. The van der Waals surface area contributed by atoms with Crippen molar-refractivity contribution in [1.82, 2.24) is 14.5 Å². The van der Waals surface area contributed by atoms with E-state index in [-0.39, 0.29) is 47.8 Å². The highest BCUT2D eigenvalue weighted by Gasteiger charge is 2.31. The van der Waals surface area contributed by atoms with Crippen LogP contribution in [-0.4, -0.2) is 64.4 Å². The number of benzene rings is 2. The number of fused-ring (bicyclic) bond motifs is 2. The van der Waals surface area contributed by atoms with Crippen LogP contribution in [0.2, 0.25) is 0 Å². The summed E-state index contributed by atoms with van der Waals surface area (Å²) < 4.78 is 27.0. The van der Waals surface area contributed by atoms with Gasteiger partial charge in [0.15, 0.2) is 9.84 Å². The first-order valence-corrected chi connectivity index (χ1v) is 18.0. The van der Waals surface area contributed by atoms with Gasteiger partial charge in [0.05, 0.1) is 38.6 Å². The number of carboxylic acid groups (broad SMARTS) is 1. The third-order valence-electron chi connectivity index (χ3n) is 9.13. The zero-order chi connectivity index (χ0) is 31.3. The lowest BCUT2D eigenvalue weighted by atomic mass is 9.83. The monoisotopic (exact) mass is 642 g/mol. The van der Waals surface area contributed by atoms with Crippen LogP contribution in [0.5, 0.6) is 0 Å². The molecular formula is C34H34N4O5S2. The number of anilines is 1. The Morgan fingerprint density at radius 3 is 2.47 bits per heavy atom. The summed E-state index contributed by atoms with van der Waals surface area (Å²) in [5, 5.41) is 10.9. The fourth-order valence-corrected chi connectivity index (χ4v) is 9.15. The summed E-state index contributed by atoms with van der Waals surface area (Å²) >= 11 is 1.27. The van der Waals surface area contributed by atoms with Crippen molar-refractivity contribution in [3.63, 3.8) is 0 Å². The number of thiophene rings is 1. The number of aromatic carboxylic acids is 1. The van der Waals surface area contributed by atoms with Gasteiger partial charge in [-0.05, 0) is 66.3 Å². The molecule has 9 nitrogen and oxygen atoms in total. The first-order chi connectivity index (χ1) is 21.7. The number of aromatic nitrogens is 2. The SMILES string of the molecule is Nc1cccc(-c2ccc3cc(-c4c(C5CCCCC5)c5sc(C(=O)O)cc5n4CC(=O)N4CCS(=O)(=O)CC4)ccc3n2)c1. The average Bonchev–Trinajstić information content (AvgIpc) is 3.59. The van der Waals surface area contributed by atoms with Crippen LogP contribution < -0.4 is 5.73 Å². The molecule has 7 rings (SSSR count). The predicted octanol–water partition coefficient (Wildman–Crippen LogP) is 6.17. The Hall–Kier alpha value is -4.22. The van der Waals surface area contributed by atoms with E-state index in [9.17, 15) is 23.1 Å². The van der Waals surface area contributed by atoms with E-state index in [1.165, 1.54) is 17.8 Å². The summed E-state index contributed by atoms with van der Waals surface area (Å²) in [6.07, 6.45) is 5.38. The molecule has 4 heterocycles. The summed E-state index contributed by atoms with van der Waals surface area (Å²) in [4.78, 5) is 32.6. The lowest BCUT2D eigenvalue weighted by molar-refractivity contribution is -0.131. The fourth-order valence-electron chi connectivity index (χ4n) is 6.83. The highest BCUT2D eigenvalue weighted by atomic mass is 32.2. The molecule has 3 N–H and O–H groups in total. The topological polar surface area (TPSA) is 136 Å². The maximum Gasteiger partial charge on any atom is 0.345 e. The molecule has 0 unspecified atom stereocenters. The zero-order valence-electron chi connectivity index (χ0n) is 24.7. The average molecular weight is 643 g/mol. The van der Waals surface area contributed by atoms with E-state index in [0.29, 0.717) is 5.69 Å². The number of sulfone groups is 1. The standard InChI is InChI=1S/C34H34N4O5S2/c35-25-8-4-7-22(18-25)26-11-9-23-17-24(10-12-27(23)36-26)32-31(21-5-2-1-3-6-21)33-28(19-29(44-33)34(40)41)38(32)20-30(39)37-13-15-45(42,43)16-14-37/h4,7-12,17-19,21H,1-3,5-6,13-16,20,35H2,(H,40,41). The van der Waals surface area contributed by atoms with Gasteiger partial charge in [0.25, 0.3) is 0 Å². The van der Waals surface area contributed by atoms with Crippen molar-refractivity contribution in [2.45, 2.75) is 44.6 Å². The van der Waals surface area contributed by atoms with Crippen LogP contribution in [0.3, 0.4) is 0 Å². The summed E-state index contributed by atoms with van der Waals surface area (Å²) in [6.45, 7) is 0.327. The van der Waals surface area contributed by atoms with E-state index < -0.39 is 15.8 Å². The van der Waals surface area contributed by atoms with Gasteiger partial charge in [-0.2, -0.15) is 0 Å². The van der Waals surface area contributed by atoms with E-state index >= 15 is 0 Å². The van der Waals surface area contributed by atoms with Gasteiger partial charge < -0.3 is 20.3 Å². The van der Waals surface area contributed by atoms with Gasteiger partial charge in [-0.25, -0.2) is 18.2 Å². The Morgan fingerprint density at radius 2 is 1.73 bits per heavy atom. The highest BCUT2D eigenvalue weighted by molar-refractivity contribution is 7.91. The van der Waals surface area contributed by atoms with Crippen LogP contribution in [0.1, 0.15) is 53.3 Å². The molecule has 2 aromatic carbocycles. The molecule has 11 heteroatoms. The number of nitrogens with zero attached hydrogens (tertiary/aromatic N) is 3. The van der Waals surface area contributed by atoms with Gasteiger partial charge in [0.1, 0.15) is 11.4 Å². The van der Waals surface area contributed by atoms with Crippen molar-refractivity contribution in [3.05, 3.63) is 71.1 Å². The van der Waals surface area contributed by atoms with Crippen molar-refractivity contribution in [2.24, 2.45) is 0 Å². The molecular weight excluding hydrogens is 609 g/mol. The minimum atomic E-state index is -3.14. The van der Waals surface area contributed by atoms with Gasteiger partial charge in [-0.3, -0.25) is 4.79 Å². The molecule has 1 aliphatic carbocycles. The first kappa shape index (κ1) is 29.5. The largest absolute Gasteiger partial charge is 0.477 e. The van der Waals surface area contributed by atoms with E-state index in [1.54, 1.807) is 11.0 Å². The zero-order valence-corrected chi connectivity index (χ0v) is 26.4. The Kier molecular flexibility index (Phi) is 7.61. The van der Waals surface area contributed by atoms with E-state index in [2.05, 4.69) is 6.07 Å². The minimum Gasteiger partial charge on any atom is -0.477 e. The molecule has 1 saturated carbocycles. The molecule has 232 valence electrons. The van der Waals surface area contributed by atoms with Crippen molar-refractivity contribution in [2.75, 3.05) is 30.3 Å². The molecule has 2 aliphatic rings. The van der Waals surface area contributed by atoms with E-state index in [4.69, 9.17) is 10.7 Å². The Morgan fingerprint density at radius 1 is 0.956 bits per heavy atom. The number of rotatable bonds is 6. The number of hydrogen-bond donors (Lipinski definition) is 2. The van der Waals surface area contributed by atoms with Crippen LogP contribution in [0.15, 0.2) is 60.7 Å². The Labute approximate surface area is 265 Å². The normalized spacial score (nSPS) is 17.2. The van der Waals surface area contributed by atoms with Crippen LogP contribution in [-0.2, 0) is 21.2 Å². The molecule has 1 amide bonds. The van der Waals surface area contributed by atoms with Crippen molar-refractivity contribution >= 4 is 59.9 Å². The number of hydrogen-bond acceptors (Lipinski definition) is 7. The molecule has 3 aromatic heterocycles. The third kappa shape index (κ3) is 5.70. The smallest absolute Gasteiger partial charge is 0.345 e. The number of amides is 1. The number of carboxylic acids is 1. The third-order valence-corrected chi connectivity index (χ3v) is 11.9. The molecule has 0 bridgehead atoms. The summed E-state index contributed by atoms with van der Waals surface area (Å²) in [7, 11) is -3.14. The summed E-state index contributed by atoms with van der Waals surface area (Å²) in [5.41, 5.74) is 13.0. The number of nitrogens with two attached hydrogens (primary N) is 1. The molecule has 2 fully saturated rings. The molecule has 0 spiro atoms.